The minimum absolute atomic E-state index is 0.0140. The van der Waals surface area contributed by atoms with E-state index >= 15 is 0 Å². The highest BCUT2D eigenvalue weighted by Crippen LogP contribution is 2.30. The number of halogens is 2. The van der Waals surface area contributed by atoms with Gasteiger partial charge in [0, 0.05) is 25.1 Å². The van der Waals surface area contributed by atoms with Crippen LogP contribution in [0.5, 0.6) is 0 Å². The number of amides is 1. The van der Waals surface area contributed by atoms with E-state index in [4.69, 9.17) is 5.73 Å². The predicted molar refractivity (Wildman–Crippen MR) is 68.7 cm³/mol. The molecule has 1 saturated heterocycles. The molecule has 0 aromatic heterocycles. The number of nitrogens with two attached hydrogens (primary N) is 1. The summed E-state index contributed by atoms with van der Waals surface area (Å²) >= 11 is 0. The number of rotatable bonds is 2. The number of hydrogen-bond donors (Lipinski definition) is 1. The molecule has 0 bridgehead atoms. The monoisotopic (exact) mass is 268 g/mol. The third-order valence-corrected chi connectivity index (χ3v) is 3.67. The maximum absolute atomic E-state index is 12.5. The van der Waals surface area contributed by atoms with Crippen LogP contribution in [0.4, 0.5) is 8.78 Å². The highest BCUT2D eigenvalue weighted by molar-refractivity contribution is 5.76. The molecule has 1 aliphatic rings. The molecule has 1 heterocycles. The number of hydrogen-bond acceptors (Lipinski definition) is 2. The van der Waals surface area contributed by atoms with Gasteiger partial charge in [0.15, 0.2) is 0 Å². The Morgan fingerprint density at radius 1 is 1.32 bits per heavy atom. The van der Waals surface area contributed by atoms with Gasteiger partial charge in [0.1, 0.15) is 0 Å². The average molecular weight is 268 g/mol. The largest absolute Gasteiger partial charge is 0.337 e. The first kappa shape index (κ1) is 13.9. The third-order valence-electron chi connectivity index (χ3n) is 3.67. The summed E-state index contributed by atoms with van der Waals surface area (Å²) in [4.78, 5) is 13.5. The molecular weight excluding hydrogens is 250 g/mol. The molecule has 1 aromatic rings. The van der Waals surface area contributed by atoms with Crippen molar-refractivity contribution in [2.75, 3.05) is 7.05 Å². The van der Waals surface area contributed by atoms with Crippen LogP contribution in [-0.4, -0.2) is 23.9 Å². The van der Waals surface area contributed by atoms with E-state index < -0.39 is 6.43 Å². The van der Waals surface area contributed by atoms with Crippen LogP contribution in [0, 0.1) is 0 Å². The van der Waals surface area contributed by atoms with Gasteiger partial charge in [-0.25, -0.2) is 8.78 Å². The molecule has 0 spiro atoms. The lowest BCUT2D eigenvalue weighted by Gasteiger charge is -2.30. The Kier molecular flexibility index (Phi) is 4.14. The molecule has 1 aromatic carbocycles. The van der Waals surface area contributed by atoms with Gasteiger partial charge in [0.2, 0.25) is 5.91 Å². The minimum Gasteiger partial charge on any atom is -0.337 e. The van der Waals surface area contributed by atoms with E-state index in [1.165, 1.54) is 12.1 Å². The van der Waals surface area contributed by atoms with Gasteiger partial charge in [0.25, 0.3) is 6.43 Å². The number of nitrogens with zero attached hydrogens (tertiary/aromatic N) is 1. The number of carbonyl (C=O) groups is 1. The molecular formula is C14H18F2N2O. The first-order valence-corrected chi connectivity index (χ1v) is 6.40. The Balaban J connectivity index is 2.28. The summed E-state index contributed by atoms with van der Waals surface area (Å²) in [6.07, 6.45) is -0.445. The predicted octanol–water partition coefficient (Wildman–Crippen LogP) is 2.63. The van der Waals surface area contributed by atoms with Gasteiger partial charge in [-0.1, -0.05) is 24.3 Å². The zero-order chi connectivity index (χ0) is 14.0. The van der Waals surface area contributed by atoms with Gasteiger partial charge in [-0.15, -0.1) is 0 Å². The second-order valence-electron chi connectivity index (χ2n) is 4.97. The summed E-state index contributed by atoms with van der Waals surface area (Å²) in [6, 6.07) is 5.68. The first-order valence-electron chi connectivity index (χ1n) is 6.40. The van der Waals surface area contributed by atoms with Crippen molar-refractivity contribution in [3.05, 3.63) is 35.4 Å². The molecule has 1 fully saturated rings. The average Bonchev–Trinajstić information content (AvgIpc) is 2.50. The highest BCUT2D eigenvalue weighted by atomic mass is 19.3. The lowest BCUT2D eigenvalue weighted by atomic mass is 9.96. The maximum atomic E-state index is 12.5. The van der Waals surface area contributed by atoms with E-state index in [1.807, 2.05) is 0 Å². The van der Waals surface area contributed by atoms with Gasteiger partial charge < -0.3 is 10.6 Å². The Labute approximate surface area is 111 Å². The van der Waals surface area contributed by atoms with Crippen LogP contribution in [0.1, 0.15) is 42.9 Å². The van der Waals surface area contributed by atoms with Crippen LogP contribution in [0.15, 0.2) is 24.3 Å². The number of benzene rings is 1. The fraction of sp³-hybridized carbons (Fsp3) is 0.500. The van der Waals surface area contributed by atoms with E-state index in [0.717, 1.165) is 18.4 Å². The fourth-order valence-electron chi connectivity index (χ4n) is 2.58. The van der Waals surface area contributed by atoms with Crippen molar-refractivity contribution in [2.45, 2.75) is 37.8 Å². The Morgan fingerprint density at radius 3 is 2.53 bits per heavy atom. The molecule has 2 N–H and O–H groups in total. The van der Waals surface area contributed by atoms with E-state index in [9.17, 15) is 13.6 Å². The van der Waals surface area contributed by atoms with E-state index in [-0.39, 0.29) is 23.6 Å². The number of likely N-dealkylation sites (tertiary alicyclic amines) is 1. The first-order chi connectivity index (χ1) is 9.00. The molecule has 19 heavy (non-hydrogen) atoms. The Bertz CT molecular complexity index is 447. The van der Waals surface area contributed by atoms with Crippen molar-refractivity contribution >= 4 is 5.91 Å². The van der Waals surface area contributed by atoms with Crippen molar-refractivity contribution in [1.29, 1.82) is 0 Å². The van der Waals surface area contributed by atoms with Crippen LogP contribution >= 0.6 is 0 Å². The molecule has 1 amide bonds. The molecule has 2 atom stereocenters. The zero-order valence-electron chi connectivity index (χ0n) is 10.9. The fourth-order valence-corrected chi connectivity index (χ4v) is 2.58. The van der Waals surface area contributed by atoms with Gasteiger partial charge in [0.05, 0.1) is 6.04 Å². The van der Waals surface area contributed by atoms with Crippen LogP contribution in [0.25, 0.3) is 0 Å². The zero-order valence-corrected chi connectivity index (χ0v) is 10.9. The van der Waals surface area contributed by atoms with Crippen molar-refractivity contribution < 1.29 is 13.6 Å². The Morgan fingerprint density at radius 2 is 1.95 bits per heavy atom. The maximum Gasteiger partial charge on any atom is 0.263 e. The standard InChI is InChI=1S/C14H18F2N2O/c1-18-12(19)4-2-3-11(17)13(18)9-5-7-10(8-6-9)14(15)16/h5-8,11,13-14H,2-4,17H2,1H3. The van der Waals surface area contributed by atoms with Crippen LogP contribution in [0.2, 0.25) is 0 Å². The van der Waals surface area contributed by atoms with Crippen LogP contribution in [0.3, 0.4) is 0 Å². The summed E-state index contributed by atoms with van der Waals surface area (Å²) in [5.74, 6) is 0.0517. The second kappa shape index (κ2) is 5.65. The molecule has 0 saturated carbocycles. The summed E-state index contributed by atoms with van der Waals surface area (Å²) in [5.41, 5.74) is 6.92. The molecule has 5 heteroatoms. The summed E-state index contributed by atoms with van der Waals surface area (Å²) in [5, 5.41) is 0. The van der Waals surface area contributed by atoms with Crippen molar-refractivity contribution in [3.8, 4) is 0 Å². The smallest absolute Gasteiger partial charge is 0.263 e. The second-order valence-corrected chi connectivity index (χ2v) is 4.97. The molecule has 2 rings (SSSR count). The molecule has 0 radical (unpaired) electrons. The van der Waals surface area contributed by atoms with Crippen LogP contribution < -0.4 is 5.73 Å². The topological polar surface area (TPSA) is 46.3 Å². The Hall–Kier alpha value is -1.49. The SMILES string of the molecule is CN1C(=O)CCCC(N)C1c1ccc(C(F)F)cc1. The number of carbonyl (C=O) groups excluding carboxylic acids is 1. The van der Waals surface area contributed by atoms with Gasteiger partial charge in [-0.2, -0.15) is 0 Å². The lowest BCUT2D eigenvalue weighted by molar-refractivity contribution is -0.131. The van der Waals surface area contributed by atoms with Gasteiger partial charge >= 0.3 is 0 Å². The third kappa shape index (κ3) is 2.92. The lowest BCUT2D eigenvalue weighted by Crippen LogP contribution is -2.39. The molecule has 2 unspecified atom stereocenters. The molecule has 3 nitrogen and oxygen atoms in total. The summed E-state index contributed by atoms with van der Waals surface area (Å²) in [6.45, 7) is 0. The van der Waals surface area contributed by atoms with Crippen LogP contribution in [-0.2, 0) is 4.79 Å². The van der Waals surface area contributed by atoms with Crippen molar-refractivity contribution in [2.24, 2.45) is 5.73 Å². The quantitative estimate of drug-likeness (QED) is 0.896. The molecule has 0 aliphatic carbocycles. The van der Waals surface area contributed by atoms with Crippen molar-refractivity contribution in [1.82, 2.24) is 4.90 Å². The van der Waals surface area contributed by atoms with Gasteiger partial charge in [-0.05, 0) is 18.4 Å². The minimum atomic E-state index is -2.48. The molecule has 1 aliphatic heterocycles. The van der Waals surface area contributed by atoms with E-state index in [0.29, 0.717) is 6.42 Å². The summed E-state index contributed by atoms with van der Waals surface area (Å²) < 4.78 is 25.1. The number of likely N-dealkylation sites (N-methyl/N-ethyl adjacent to an activating group) is 1. The molecule has 104 valence electrons. The van der Waals surface area contributed by atoms with E-state index in [2.05, 4.69) is 0 Å². The van der Waals surface area contributed by atoms with Crippen molar-refractivity contribution in [3.63, 3.8) is 0 Å². The highest BCUT2D eigenvalue weighted by Gasteiger charge is 2.30. The van der Waals surface area contributed by atoms with E-state index in [1.54, 1.807) is 24.1 Å². The normalized spacial score (nSPS) is 24.7. The van der Waals surface area contributed by atoms with Gasteiger partial charge in [-0.3, -0.25) is 4.79 Å². The summed E-state index contributed by atoms with van der Waals surface area (Å²) in [7, 11) is 1.72. The number of alkyl halides is 2.